The Hall–Kier alpha value is -1.65. The van der Waals surface area contributed by atoms with E-state index in [1.165, 1.54) is 0 Å². The molecule has 0 aromatic carbocycles. The molecule has 0 amide bonds. The molecule has 1 aromatic rings. The van der Waals surface area contributed by atoms with Crippen LogP contribution in [0.2, 0.25) is 0 Å². The van der Waals surface area contributed by atoms with E-state index in [0.29, 0.717) is 5.82 Å². The van der Waals surface area contributed by atoms with Gasteiger partial charge in [-0.05, 0) is 19.3 Å². The van der Waals surface area contributed by atoms with Crippen molar-refractivity contribution < 1.29 is 9.90 Å². The summed E-state index contributed by atoms with van der Waals surface area (Å²) in [4.78, 5) is 19.5. The third-order valence-corrected chi connectivity index (χ3v) is 2.94. The summed E-state index contributed by atoms with van der Waals surface area (Å²) in [6.45, 7) is 9.79. The average Bonchev–Trinajstić information content (AvgIpc) is 2.20. The second kappa shape index (κ2) is 5.33. The fourth-order valence-corrected chi connectivity index (χ4v) is 1.54. The highest BCUT2D eigenvalue weighted by molar-refractivity contribution is 5.68. The van der Waals surface area contributed by atoms with Gasteiger partial charge < -0.3 is 10.4 Å². The summed E-state index contributed by atoms with van der Waals surface area (Å²) in [5.74, 6) is -0.196. The number of hydrogen-bond acceptors (Lipinski definition) is 4. The Morgan fingerprint density at radius 1 is 1.39 bits per heavy atom. The molecule has 100 valence electrons. The SMILES string of the molecule is Cc1ncc(NC(CC(=O)O)C(C)(C)C)nc1C. The molecule has 0 spiro atoms. The van der Waals surface area contributed by atoms with Crippen molar-refractivity contribution in [3.05, 3.63) is 17.6 Å². The molecule has 1 atom stereocenters. The zero-order valence-electron chi connectivity index (χ0n) is 11.6. The summed E-state index contributed by atoms with van der Waals surface area (Å²) in [7, 11) is 0. The van der Waals surface area contributed by atoms with Gasteiger partial charge in [-0.1, -0.05) is 20.8 Å². The zero-order chi connectivity index (χ0) is 13.9. The van der Waals surface area contributed by atoms with E-state index in [1.807, 2.05) is 34.6 Å². The van der Waals surface area contributed by atoms with E-state index in [2.05, 4.69) is 15.3 Å². The third-order valence-electron chi connectivity index (χ3n) is 2.94. The Morgan fingerprint density at radius 2 is 2.00 bits per heavy atom. The molecule has 0 aliphatic carbocycles. The topological polar surface area (TPSA) is 75.1 Å². The number of nitrogens with zero attached hydrogens (tertiary/aromatic N) is 2. The van der Waals surface area contributed by atoms with Gasteiger partial charge in [0.2, 0.25) is 0 Å². The van der Waals surface area contributed by atoms with Crippen LogP contribution in [-0.4, -0.2) is 27.1 Å². The van der Waals surface area contributed by atoms with Gasteiger partial charge in [-0.3, -0.25) is 9.78 Å². The van der Waals surface area contributed by atoms with Crippen LogP contribution in [0.3, 0.4) is 0 Å². The second-order valence-electron chi connectivity index (χ2n) is 5.59. The minimum absolute atomic E-state index is 0.0537. The molecule has 1 unspecified atom stereocenters. The molecule has 0 radical (unpaired) electrons. The first-order valence-corrected chi connectivity index (χ1v) is 5.98. The van der Waals surface area contributed by atoms with Crippen molar-refractivity contribution in [1.82, 2.24) is 9.97 Å². The minimum Gasteiger partial charge on any atom is -0.481 e. The molecule has 18 heavy (non-hydrogen) atoms. The molecule has 1 aromatic heterocycles. The maximum Gasteiger partial charge on any atom is 0.305 e. The summed E-state index contributed by atoms with van der Waals surface area (Å²) < 4.78 is 0. The predicted octanol–water partition coefficient (Wildman–Crippen LogP) is 2.39. The van der Waals surface area contributed by atoms with Crippen molar-refractivity contribution in [2.75, 3.05) is 5.32 Å². The van der Waals surface area contributed by atoms with Crippen molar-refractivity contribution in [2.24, 2.45) is 5.41 Å². The van der Waals surface area contributed by atoms with Crippen LogP contribution < -0.4 is 5.32 Å². The van der Waals surface area contributed by atoms with E-state index < -0.39 is 5.97 Å². The molecule has 2 N–H and O–H groups in total. The third kappa shape index (κ3) is 3.98. The van der Waals surface area contributed by atoms with Crippen LogP contribution in [0.4, 0.5) is 5.82 Å². The van der Waals surface area contributed by atoms with Gasteiger partial charge in [0.05, 0.1) is 24.0 Å². The van der Waals surface area contributed by atoms with E-state index in [-0.39, 0.29) is 17.9 Å². The minimum atomic E-state index is -0.820. The lowest BCUT2D eigenvalue weighted by Crippen LogP contribution is -2.36. The number of anilines is 1. The van der Waals surface area contributed by atoms with Crippen LogP contribution in [-0.2, 0) is 4.79 Å². The molecule has 0 bridgehead atoms. The van der Waals surface area contributed by atoms with Gasteiger partial charge in [-0.25, -0.2) is 4.98 Å². The number of nitrogens with one attached hydrogen (secondary N) is 1. The quantitative estimate of drug-likeness (QED) is 0.859. The van der Waals surface area contributed by atoms with Crippen LogP contribution in [0.25, 0.3) is 0 Å². The van der Waals surface area contributed by atoms with Crippen molar-refractivity contribution in [3.8, 4) is 0 Å². The molecule has 0 saturated heterocycles. The molecule has 0 fully saturated rings. The number of aliphatic carboxylic acids is 1. The van der Waals surface area contributed by atoms with Crippen LogP contribution >= 0.6 is 0 Å². The number of carboxylic acids is 1. The fraction of sp³-hybridized carbons (Fsp3) is 0.615. The van der Waals surface area contributed by atoms with Gasteiger partial charge in [0.15, 0.2) is 0 Å². The summed E-state index contributed by atoms with van der Waals surface area (Å²) in [5.41, 5.74) is 1.56. The number of rotatable bonds is 4. The largest absolute Gasteiger partial charge is 0.481 e. The molecule has 5 heteroatoms. The number of carboxylic acid groups (broad SMARTS) is 1. The summed E-state index contributed by atoms with van der Waals surface area (Å²) in [6, 6.07) is -0.189. The van der Waals surface area contributed by atoms with Crippen LogP contribution in [0.5, 0.6) is 0 Å². The number of carbonyl (C=O) groups is 1. The van der Waals surface area contributed by atoms with Crippen molar-refractivity contribution in [3.63, 3.8) is 0 Å². The van der Waals surface area contributed by atoms with Gasteiger partial charge in [0, 0.05) is 6.04 Å². The van der Waals surface area contributed by atoms with Gasteiger partial charge >= 0.3 is 5.97 Å². The molecular formula is C13H21N3O2. The molecule has 0 saturated carbocycles. The lowest BCUT2D eigenvalue weighted by atomic mass is 9.85. The highest BCUT2D eigenvalue weighted by Gasteiger charge is 2.27. The Morgan fingerprint density at radius 3 is 2.44 bits per heavy atom. The molecule has 5 nitrogen and oxygen atoms in total. The first kappa shape index (κ1) is 14.4. The lowest BCUT2D eigenvalue weighted by Gasteiger charge is -2.30. The van der Waals surface area contributed by atoms with Gasteiger partial charge in [0.25, 0.3) is 0 Å². The van der Waals surface area contributed by atoms with Crippen LogP contribution in [0.1, 0.15) is 38.6 Å². The zero-order valence-corrected chi connectivity index (χ0v) is 11.6. The predicted molar refractivity (Wildman–Crippen MR) is 70.6 cm³/mol. The number of hydrogen-bond donors (Lipinski definition) is 2. The Kier molecular flexibility index (Phi) is 4.27. The highest BCUT2D eigenvalue weighted by Crippen LogP contribution is 2.25. The lowest BCUT2D eigenvalue weighted by molar-refractivity contribution is -0.137. The molecule has 1 rings (SSSR count). The van der Waals surface area contributed by atoms with Gasteiger partial charge in [-0.15, -0.1) is 0 Å². The van der Waals surface area contributed by atoms with Crippen molar-refractivity contribution >= 4 is 11.8 Å². The first-order chi connectivity index (χ1) is 8.20. The summed E-state index contributed by atoms with van der Waals surface area (Å²) in [6.07, 6.45) is 1.70. The van der Waals surface area contributed by atoms with Crippen LogP contribution in [0, 0.1) is 19.3 Å². The van der Waals surface area contributed by atoms with E-state index in [1.54, 1.807) is 6.20 Å². The Balaban J connectivity index is 2.89. The van der Waals surface area contributed by atoms with E-state index >= 15 is 0 Å². The first-order valence-electron chi connectivity index (χ1n) is 5.98. The Labute approximate surface area is 108 Å². The smallest absolute Gasteiger partial charge is 0.305 e. The standard InChI is InChI=1S/C13H21N3O2/c1-8-9(2)15-11(7-14-8)16-10(6-12(17)18)13(3,4)5/h7,10H,6H2,1-5H3,(H,15,16)(H,17,18). The second-order valence-corrected chi connectivity index (χ2v) is 5.59. The summed E-state index contributed by atoms with van der Waals surface area (Å²) in [5, 5.41) is 12.1. The maximum absolute atomic E-state index is 10.9. The molecule has 0 aliphatic heterocycles. The fourth-order valence-electron chi connectivity index (χ4n) is 1.54. The number of aryl methyl sites for hydroxylation is 2. The molecule has 1 heterocycles. The normalized spacial score (nSPS) is 13.2. The van der Waals surface area contributed by atoms with Gasteiger partial charge in [-0.2, -0.15) is 0 Å². The maximum atomic E-state index is 10.9. The number of aromatic nitrogens is 2. The monoisotopic (exact) mass is 251 g/mol. The van der Waals surface area contributed by atoms with Crippen molar-refractivity contribution in [2.45, 2.75) is 47.1 Å². The summed E-state index contributed by atoms with van der Waals surface area (Å²) >= 11 is 0. The van der Waals surface area contributed by atoms with Gasteiger partial charge in [0.1, 0.15) is 5.82 Å². The van der Waals surface area contributed by atoms with E-state index in [0.717, 1.165) is 11.4 Å². The van der Waals surface area contributed by atoms with E-state index in [9.17, 15) is 4.79 Å². The molecular weight excluding hydrogens is 230 g/mol. The van der Waals surface area contributed by atoms with Crippen LogP contribution in [0.15, 0.2) is 6.20 Å². The van der Waals surface area contributed by atoms with E-state index in [4.69, 9.17) is 5.11 Å². The van der Waals surface area contributed by atoms with Crippen molar-refractivity contribution in [1.29, 1.82) is 0 Å². The average molecular weight is 251 g/mol. The highest BCUT2D eigenvalue weighted by atomic mass is 16.4. The molecule has 0 aliphatic rings. The Bertz CT molecular complexity index is 438.